The Balaban J connectivity index is 2.05. The number of para-hydroxylation sites is 1. The molecule has 0 fully saturated rings. The Morgan fingerprint density at radius 1 is 1.12 bits per heavy atom. The van der Waals surface area contributed by atoms with Gasteiger partial charge in [0.05, 0.1) is 45.6 Å². The van der Waals surface area contributed by atoms with Gasteiger partial charge in [-0.15, -0.1) is 0 Å². The quantitative estimate of drug-likeness (QED) is 0.423. The topological polar surface area (TPSA) is 80.8 Å². The molecule has 1 aromatic heterocycles. The van der Waals surface area contributed by atoms with Crippen molar-refractivity contribution in [3.05, 3.63) is 69.3 Å². The van der Waals surface area contributed by atoms with Crippen LogP contribution in [0.25, 0.3) is 10.9 Å². The number of amides is 1. The van der Waals surface area contributed by atoms with Crippen molar-refractivity contribution in [3.8, 4) is 0 Å². The molecule has 0 unspecified atom stereocenters. The number of nitrogens with zero attached hydrogens (tertiary/aromatic N) is 2. The number of methoxy groups -OCH3 is 1. The van der Waals surface area contributed by atoms with Crippen molar-refractivity contribution in [2.75, 3.05) is 39.2 Å². The predicted octanol–water partition coefficient (Wildman–Crippen LogP) is 5.05. The Hall–Kier alpha value is -2.71. The number of aromatic nitrogens is 1. The van der Waals surface area contributed by atoms with Gasteiger partial charge in [0.15, 0.2) is 0 Å². The highest BCUT2D eigenvalue weighted by Gasteiger charge is 2.21. The summed E-state index contributed by atoms with van der Waals surface area (Å²) in [5.41, 5.74) is 2.33. The molecule has 0 aliphatic carbocycles. The number of hydrogen-bond acceptors (Lipinski definition) is 6. The predicted molar refractivity (Wildman–Crippen MR) is 130 cm³/mol. The molecule has 0 bridgehead atoms. The first-order valence-electron chi connectivity index (χ1n) is 10.4. The monoisotopic (exact) mass is 489 g/mol. The number of fused-ring (bicyclic) bond motifs is 1. The van der Waals surface area contributed by atoms with Crippen LogP contribution in [0.4, 0.5) is 5.69 Å². The number of esters is 1. The second-order valence-electron chi connectivity index (χ2n) is 7.35. The molecule has 3 aromatic rings. The molecule has 1 heterocycles. The summed E-state index contributed by atoms with van der Waals surface area (Å²) in [6.07, 6.45) is 1.48. The number of carbonyl (C=O) groups is 2. The van der Waals surface area contributed by atoms with E-state index in [1.54, 1.807) is 44.4 Å². The van der Waals surface area contributed by atoms with Crippen molar-refractivity contribution < 1.29 is 19.1 Å². The van der Waals surface area contributed by atoms with Gasteiger partial charge in [0, 0.05) is 31.8 Å². The molecule has 7 nitrogen and oxygen atoms in total. The van der Waals surface area contributed by atoms with E-state index in [9.17, 15) is 9.59 Å². The molecular formula is C24H25Cl2N3O4. The second kappa shape index (κ2) is 11.4. The Morgan fingerprint density at radius 2 is 1.82 bits per heavy atom. The molecule has 2 aromatic carbocycles. The molecule has 3 rings (SSSR count). The number of ether oxygens (including phenoxy) is 2. The Bertz CT molecular complexity index is 1150. The van der Waals surface area contributed by atoms with E-state index in [-0.39, 0.29) is 22.2 Å². The van der Waals surface area contributed by atoms with E-state index in [4.69, 9.17) is 32.7 Å². The van der Waals surface area contributed by atoms with Crippen molar-refractivity contribution in [2.45, 2.75) is 13.5 Å². The minimum absolute atomic E-state index is 0.181. The third-order valence-electron chi connectivity index (χ3n) is 5.05. The molecule has 0 atom stereocenters. The van der Waals surface area contributed by atoms with Gasteiger partial charge in [-0.2, -0.15) is 0 Å². The highest BCUT2D eigenvalue weighted by molar-refractivity contribution is 6.40. The summed E-state index contributed by atoms with van der Waals surface area (Å²) in [4.78, 5) is 32.1. The molecular weight excluding hydrogens is 465 g/mol. The number of anilines is 1. The minimum Gasteiger partial charge on any atom is -0.462 e. The average Bonchev–Trinajstić information content (AvgIpc) is 2.78. The fourth-order valence-corrected chi connectivity index (χ4v) is 4.00. The first-order valence-corrected chi connectivity index (χ1v) is 11.1. The second-order valence-corrected chi connectivity index (χ2v) is 8.17. The smallest absolute Gasteiger partial charge is 0.340 e. The van der Waals surface area contributed by atoms with Crippen molar-refractivity contribution >= 4 is 51.7 Å². The number of carbonyl (C=O) groups excluding carboxylic acids is 2. The average molecular weight is 490 g/mol. The van der Waals surface area contributed by atoms with Gasteiger partial charge >= 0.3 is 5.97 Å². The van der Waals surface area contributed by atoms with Crippen LogP contribution in [-0.2, 0) is 16.0 Å². The largest absolute Gasteiger partial charge is 0.462 e. The normalized spacial score (nSPS) is 11.1. The molecule has 0 saturated carbocycles. The number of hydrogen-bond donors (Lipinski definition) is 1. The molecule has 0 spiro atoms. The van der Waals surface area contributed by atoms with Gasteiger partial charge in [0.2, 0.25) is 0 Å². The highest BCUT2D eigenvalue weighted by Crippen LogP contribution is 2.30. The van der Waals surface area contributed by atoms with E-state index >= 15 is 0 Å². The van der Waals surface area contributed by atoms with Gasteiger partial charge < -0.3 is 14.8 Å². The Morgan fingerprint density at radius 3 is 2.48 bits per heavy atom. The summed E-state index contributed by atoms with van der Waals surface area (Å²) in [5.74, 6) is -0.896. The molecule has 1 amide bonds. The van der Waals surface area contributed by atoms with Crippen LogP contribution in [0.5, 0.6) is 0 Å². The van der Waals surface area contributed by atoms with Gasteiger partial charge in [-0.25, -0.2) is 4.79 Å². The fraction of sp³-hybridized carbons (Fsp3) is 0.292. The Kier molecular flexibility index (Phi) is 8.63. The van der Waals surface area contributed by atoms with Crippen LogP contribution in [0.15, 0.2) is 42.6 Å². The first-order chi connectivity index (χ1) is 15.9. The lowest BCUT2D eigenvalue weighted by Crippen LogP contribution is -2.24. The van der Waals surface area contributed by atoms with Crippen molar-refractivity contribution in [2.24, 2.45) is 0 Å². The van der Waals surface area contributed by atoms with E-state index in [0.717, 1.165) is 10.9 Å². The van der Waals surface area contributed by atoms with Gasteiger partial charge in [0.25, 0.3) is 5.91 Å². The summed E-state index contributed by atoms with van der Waals surface area (Å²) in [6.45, 7) is 3.69. The number of rotatable bonds is 9. The SMILES string of the molecule is CCOC(=O)c1cnc2c(NC(=O)c3c(Cl)cccc3Cl)cccc2c1CN(C)CCOC. The van der Waals surface area contributed by atoms with E-state index in [2.05, 4.69) is 10.3 Å². The molecule has 1 N–H and O–H groups in total. The van der Waals surface area contributed by atoms with Crippen LogP contribution in [0.2, 0.25) is 10.0 Å². The summed E-state index contributed by atoms with van der Waals surface area (Å²) < 4.78 is 10.4. The van der Waals surface area contributed by atoms with E-state index in [1.807, 2.05) is 18.0 Å². The third-order valence-corrected chi connectivity index (χ3v) is 5.68. The molecule has 9 heteroatoms. The maximum absolute atomic E-state index is 12.9. The van der Waals surface area contributed by atoms with Crippen LogP contribution in [0.3, 0.4) is 0 Å². The van der Waals surface area contributed by atoms with Crippen molar-refractivity contribution in [3.63, 3.8) is 0 Å². The summed E-state index contributed by atoms with van der Waals surface area (Å²) in [6, 6.07) is 10.3. The van der Waals surface area contributed by atoms with Gasteiger partial charge in [-0.1, -0.05) is 41.4 Å². The van der Waals surface area contributed by atoms with Gasteiger partial charge in [-0.05, 0) is 37.7 Å². The van der Waals surface area contributed by atoms with Crippen LogP contribution in [0, 0.1) is 0 Å². The molecule has 0 radical (unpaired) electrons. The van der Waals surface area contributed by atoms with Crippen LogP contribution < -0.4 is 5.32 Å². The van der Waals surface area contributed by atoms with E-state index in [1.165, 1.54) is 6.20 Å². The van der Waals surface area contributed by atoms with E-state index < -0.39 is 11.9 Å². The maximum Gasteiger partial charge on any atom is 0.340 e. The van der Waals surface area contributed by atoms with Gasteiger partial charge in [0.1, 0.15) is 0 Å². The minimum atomic E-state index is -0.451. The van der Waals surface area contributed by atoms with Crippen LogP contribution >= 0.6 is 23.2 Å². The maximum atomic E-state index is 12.9. The summed E-state index contributed by atoms with van der Waals surface area (Å²) in [5, 5.41) is 4.08. The number of halogens is 2. The molecule has 33 heavy (non-hydrogen) atoms. The van der Waals surface area contributed by atoms with Crippen LogP contribution in [-0.4, -0.2) is 55.7 Å². The standard InChI is InChI=1S/C24H25Cl2N3O4/c1-4-33-24(31)16-13-27-22-15(17(16)14-29(2)11-12-32-3)7-5-10-20(22)28-23(30)21-18(25)8-6-9-19(21)26/h5-10,13H,4,11-12,14H2,1-3H3,(H,28,30). The molecule has 174 valence electrons. The van der Waals surface area contributed by atoms with Crippen molar-refractivity contribution in [1.29, 1.82) is 0 Å². The lowest BCUT2D eigenvalue weighted by molar-refractivity contribution is 0.0523. The summed E-state index contributed by atoms with van der Waals surface area (Å²) >= 11 is 12.4. The molecule has 0 aliphatic heterocycles. The highest BCUT2D eigenvalue weighted by atomic mass is 35.5. The summed E-state index contributed by atoms with van der Waals surface area (Å²) in [7, 11) is 3.57. The number of benzene rings is 2. The lowest BCUT2D eigenvalue weighted by Gasteiger charge is -2.20. The zero-order valence-corrected chi connectivity index (χ0v) is 20.2. The number of nitrogens with one attached hydrogen (secondary N) is 1. The van der Waals surface area contributed by atoms with Crippen molar-refractivity contribution in [1.82, 2.24) is 9.88 Å². The van der Waals surface area contributed by atoms with Gasteiger partial charge in [-0.3, -0.25) is 14.7 Å². The first kappa shape index (κ1) is 24.9. The zero-order chi connectivity index (χ0) is 24.0. The fourth-order valence-electron chi connectivity index (χ4n) is 3.43. The number of likely N-dealkylation sites (N-methyl/N-ethyl adjacent to an activating group) is 1. The van der Waals surface area contributed by atoms with Crippen LogP contribution in [0.1, 0.15) is 33.2 Å². The molecule has 0 aliphatic rings. The third kappa shape index (κ3) is 5.81. The lowest BCUT2D eigenvalue weighted by atomic mass is 10.0. The zero-order valence-electron chi connectivity index (χ0n) is 18.7. The number of pyridine rings is 1. The van der Waals surface area contributed by atoms with E-state index in [0.29, 0.717) is 36.5 Å². The molecule has 0 saturated heterocycles. The Labute approximate surface area is 202 Å².